The van der Waals surface area contributed by atoms with E-state index in [1.54, 1.807) is 0 Å². The molecule has 0 amide bonds. The van der Waals surface area contributed by atoms with Crippen molar-refractivity contribution < 1.29 is 17.1 Å². The summed E-state index contributed by atoms with van der Waals surface area (Å²) in [5.74, 6) is 0. The van der Waals surface area contributed by atoms with Gasteiger partial charge in [0, 0.05) is 17.1 Å². The molecule has 72 valence electrons. The molecule has 0 aliphatic rings. The fraction of sp³-hybridized carbons (Fsp3) is 0. The van der Waals surface area contributed by atoms with Gasteiger partial charge in [-0.15, -0.1) is 0 Å². The first kappa shape index (κ1) is 143. The summed E-state index contributed by atoms with van der Waals surface area (Å²) in [6.07, 6.45) is 0. The largest absolute Gasteiger partial charge is 0.197 e. The van der Waals surface area contributed by atoms with Gasteiger partial charge in [-0.25, -0.2) is 0 Å². The molecule has 9 heavy (non-hydrogen) atoms. The third-order valence-corrected chi connectivity index (χ3v) is 0. The molecule has 0 bridgehead atoms. The molecule has 0 spiro atoms. The summed E-state index contributed by atoms with van der Waals surface area (Å²) in [6.45, 7) is 0. The molecule has 0 atom stereocenters. The fourth-order valence-electron chi connectivity index (χ4n) is 0. The predicted octanol–water partition coefficient (Wildman–Crippen LogP) is 0.900. The zero-order valence-electron chi connectivity index (χ0n) is 4.35. The Morgan fingerprint density at radius 2 is 0.222 bits per heavy atom. The average Bonchev–Trinajstić information content (AvgIpc) is 0. The van der Waals surface area contributed by atoms with Gasteiger partial charge in [0.2, 0.25) is 0 Å². The molecule has 0 fully saturated rings. The van der Waals surface area contributed by atoms with Crippen molar-refractivity contribution in [1.82, 2.24) is 0 Å². The van der Waals surface area contributed by atoms with Crippen LogP contribution >= 0.6 is 108 Å². The van der Waals surface area contributed by atoms with Gasteiger partial charge in [-0.2, -0.15) is 108 Å². The van der Waals surface area contributed by atoms with E-state index in [2.05, 4.69) is 0 Å². The Balaban J connectivity index is 0. The topological polar surface area (TPSA) is 0 Å². The van der Waals surface area contributed by atoms with Gasteiger partial charge in [0.1, 0.15) is 0 Å². The van der Waals surface area contributed by atoms with E-state index < -0.39 is 0 Å². The summed E-state index contributed by atoms with van der Waals surface area (Å²) in [5.41, 5.74) is 0. The van der Waals surface area contributed by atoms with Crippen LogP contribution < -0.4 is 0 Å². The number of hydrogen-bond acceptors (Lipinski definition) is 0. The molecule has 0 aromatic rings. The van der Waals surface area contributed by atoms with Crippen molar-refractivity contribution in [3.8, 4) is 0 Å². The summed E-state index contributed by atoms with van der Waals surface area (Å²) in [4.78, 5) is 0. The number of hydrogen-bond donors (Lipinski definition) is 0. The Morgan fingerprint density at radius 1 is 0.222 bits per heavy atom. The summed E-state index contributed by atoms with van der Waals surface area (Å²) < 4.78 is 0. The van der Waals surface area contributed by atoms with E-state index in [-0.39, 0.29) is 125 Å². The predicted molar refractivity (Wildman–Crippen MR) is 83.0 cm³/mol. The van der Waals surface area contributed by atoms with E-state index in [0.29, 0.717) is 0 Å². The molecule has 0 nitrogen and oxygen atoms in total. The minimum absolute atomic E-state index is 0. The molecule has 0 saturated heterocycles. The van der Waals surface area contributed by atoms with E-state index in [1.807, 2.05) is 0 Å². The van der Waals surface area contributed by atoms with E-state index in [1.165, 1.54) is 0 Å². The van der Waals surface area contributed by atoms with Crippen LogP contribution in [0.15, 0.2) is 0 Å². The van der Waals surface area contributed by atoms with Gasteiger partial charge < -0.3 is 0 Å². The molecule has 9 heteroatoms. The van der Waals surface area contributed by atoms with E-state index >= 15 is 0 Å². The summed E-state index contributed by atoms with van der Waals surface area (Å²) >= 11 is 0. The molecule has 0 aliphatic carbocycles. The average molecular weight is 329 g/mol. The van der Waals surface area contributed by atoms with Crippen molar-refractivity contribution in [1.29, 1.82) is 0 Å². The van der Waals surface area contributed by atoms with E-state index in [0.717, 1.165) is 0 Å². The molecular weight excluding hydrogens is 312 g/mol. The molecule has 0 N–H and O–H groups in total. The van der Waals surface area contributed by atoms with Crippen molar-refractivity contribution in [2.75, 3.05) is 0 Å². The van der Waals surface area contributed by atoms with Crippen LogP contribution in [0.1, 0.15) is 0 Å². The third-order valence-electron chi connectivity index (χ3n) is 0. The van der Waals surface area contributed by atoms with Crippen LogP contribution in [0.2, 0.25) is 0 Å². The molecular formula is H16FeS8. The Labute approximate surface area is 124 Å². The van der Waals surface area contributed by atoms with Crippen molar-refractivity contribution >= 4 is 108 Å². The van der Waals surface area contributed by atoms with Crippen LogP contribution in [0.25, 0.3) is 0 Å². The zero-order chi connectivity index (χ0) is 0. The van der Waals surface area contributed by atoms with Gasteiger partial charge in [0.05, 0.1) is 0 Å². The molecule has 0 saturated carbocycles. The summed E-state index contributed by atoms with van der Waals surface area (Å²) in [6, 6.07) is 0. The zero-order valence-corrected chi connectivity index (χ0v) is 13.5. The van der Waals surface area contributed by atoms with Crippen LogP contribution in [0.5, 0.6) is 0 Å². The van der Waals surface area contributed by atoms with E-state index in [9.17, 15) is 0 Å². The van der Waals surface area contributed by atoms with Gasteiger partial charge >= 0.3 is 0 Å². The number of rotatable bonds is 0. The minimum Gasteiger partial charge on any atom is -0.197 e. The minimum atomic E-state index is 0. The molecule has 0 heterocycles. The smallest absolute Gasteiger partial charge is 0 e. The van der Waals surface area contributed by atoms with E-state index in [4.69, 9.17) is 0 Å². The molecule has 0 radical (unpaired) electrons. The Hall–Kier alpha value is 3.32. The van der Waals surface area contributed by atoms with Crippen LogP contribution in [0, 0.1) is 0 Å². The van der Waals surface area contributed by atoms with Crippen LogP contribution in [-0.4, -0.2) is 0 Å². The van der Waals surface area contributed by atoms with Crippen molar-refractivity contribution in [2.45, 2.75) is 0 Å². The quantitative estimate of drug-likeness (QED) is 0.580. The van der Waals surface area contributed by atoms with Gasteiger partial charge in [-0.05, 0) is 0 Å². The molecule has 0 unspecified atom stereocenters. The van der Waals surface area contributed by atoms with Gasteiger partial charge in [0.25, 0.3) is 0 Å². The van der Waals surface area contributed by atoms with Gasteiger partial charge in [-0.1, -0.05) is 0 Å². The molecule has 0 aromatic carbocycles. The maximum Gasteiger partial charge on any atom is 0 e. The van der Waals surface area contributed by atoms with Crippen LogP contribution in [0.4, 0.5) is 0 Å². The first-order valence-electron chi connectivity index (χ1n) is 0. The maximum absolute atomic E-state index is 0. The molecule has 0 aliphatic heterocycles. The van der Waals surface area contributed by atoms with Gasteiger partial charge in [-0.3, -0.25) is 0 Å². The summed E-state index contributed by atoms with van der Waals surface area (Å²) in [7, 11) is 0. The third kappa shape index (κ3) is 89.2. The molecule has 0 rings (SSSR count). The van der Waals surface area contributed by atoms with Gasteiger partial charge in [0.15, 0.2) is 0 Å². The second-order valence-corrected chi connectivity index (χ2v) is 0. The normalized spacial score (nSPS) is 0. The van der Waals surface area contributed by atoms with Crippen LogP contribution in [-0.2, 0) is 17.1 Å². The Bertz CT molecular complexity index is 4.53. The van der Waals surface area contributed by atoms with Crippen molar-refractivity contribution in [3.63, 3.8) is 0 Å². The van der Waals surface area contributed by atoms with Crippen molar-refractivity contribution in [2.24, 2.45) is 0 Å². The summed E-state index contributed by atoms with van der Waals surface area (Å²) in [5, 5.41) is 0. The second kappa shape index (κ2) is 109. The van der Waals surface area contributed by atoms with Crippen molar-refractivity contribution in [3.05, 3.63) is 0 Å². The monoisotopic (exact) mass is 328 g/mol. The first-order chi connectivity index (χ1) is 0. The SMILES string of the molecule is S.S.S.S.S.S.S.S.[Fe]. The van der Waals surface area contributed by atoms with Crippen LogP contribution in [0.3, 0.4) is 0 Å². The standard InChI is InChI=1S/Fe.8H2S/h;8*1H2. The second-order valence-electron chi connectivity index (χ2n) is 0. The molecule has 0 aromatic heterocycles. The Morgan fingerprint density at radius 3 is 0.222 bits per heavy atom. The first-order valence-corrected chi connectivity index (χ1v) is 0. The fourth-order valence-corrected chi connectivity index (χ4v) is 0. The Kier molecular flexibility index (Phi) is 1740. The maximum atomic E-state index is 0.